The molecule has 0 spiro atoms. The standard InChI is InChI=1S/C23H35N3O2S/c1-23(2,3)22(28)26-19(21-24-13-14-29-21)17-11-9-16(10-12-17)15-25-20(27)18-7-5-4-6-8-18/h4-5,13-14,16-19H,6-12,15H2,1-3H3,(H,25,27)(H,26,28)/t16?,17?,18-,19-/m0/s1. The lowest BCUT2D eigenvalue weighted by Gasteiger charge is -2.35. The highest BCUT2D eigenvalue weighted by Gasteiger charge is 2.33. The lowest BCUT2D eigenvalue weighted by atomic mass is 9.78. The topological polar surface area (TPSA) is 71.1 Å². The number of aromatic nitrogens is 1. The van der Waals surface area contributed by atoms with Crippen molar-refractivity contribution in [3.63, 3.8) is 0 Å². The second-order valence-corrected chi connectivity index (χ2v) is 10.5. The molecular formula is C23H35N3O2S. The van der Waals surface area contributed by atoms with Crippen LogP contribution in [0.25, 0.3) is 0 Å². The molecule has 0 bridgehead atoms. The Hall–Kier alpha value is -1.69. The van der Waals surface area contributed by atoms with Crippen molar-refractivity contribution in [2.45, 2.75) is 71.8 Å². The zero-order chi connectivity index (χ0) is 20.9. The second-order valence-electron chi connectivity index (χ2n) is 9.58. The first-order valence-corrected chi connectivity index (χ1v) is 11.9. The number of hydrogen-bond acceptors (Lipinski definition) is 4. The molecule has 5 nitrogen and oxygen atoms in total. The number of nitrogens with one attached hydrogen (secondary N) is 2. The first-order valence-electron chi connectivity index (χ1n) is 11.0. The van der Waals surface area contributed by atoms with Gasteiger partial charge in [-0.2, -0.15) is 0 Å². The summed E-state index contributed by atoms with van der Waals surface area (Å²) in [6.45, 7) is 6.62. The zero-order valence-electron chi connectivity index (χ0n) is 17.9. The number of hydrogen-bond donors (Lipinski definition) is 2. The van der Waals surface area contributed by atoms with Crippen LogP contribution in [0.2, 0.25) is 0 Å². The number of allylic oxidation sites excluding steroid dienone is 2. The summed E-state index contributed by atoms with van der Waals surface area (Å²) in [5, 5.41) is 9.45. The molecule has 1 aromatic rings. The molecule has 0 aliphatic heterocycles. The van der Waals surface area contributed by atoms with Crippen molar-refractivity contribution in [2.24, 2.45) is 23.2 Å². The molecule has 1 heterocycles. The summed E-state index contributed by atoms with van der Waals surface area (Å²) in [6.07, 6.45) is 13.3. The molecule has 0 radical (unpaired) electrons. The van der Waals surface area contributed by atoms with Gasteiger partial charge < -0.3 is 10.6 Å². The van der Waals surface area contributed by atoms with Crippen LogP contribution < -0.4 is 10.6 Å². The third kappa shape index (κ3) is 6.14. The van der Waals surface area contributed by atoms with Gasteiger partial charge in [0.25, 0.3) is 0 Å². The molecule has 0 unspecified atom stereocenters. The van der Waals surface area contributed by atoms with Crippen LogP contribution in [-0.4, -0.2) is 23.3 Å². The van der Waals surface area contributed by atoms with E-state index < -0.39 is 5.41 Å². The fourth-order valence-electron chi connectivity index (χ4n) is 4.27. The Morgan fingerprint density at radius 2 is 1.93 bits per heavy atom. The highest BCUT2D eigenvalue weighted by molar-refractivity contribution is 7.09. The molecule has 2 N–H and O–H groups in total. The van der Waals surface area contributed by atoms with E-state index in [1.807, 2.05) is 32.3 Å². The van der Waals surface area contributed by atoms with Gasteiger partial charge in [-0.05, 0) is 56.8 Å². The fourth-order valence-corrected chi connectivity index (χ4v) is 5.05. The van der Waals surface area contributed by atoms with E-state index in [9.17, 15) is 9.59 Å². The number of carbonyl (C=O) groups is 2. The maximum atomic E-state index is 12.6. The van der Waals surface area contributed by atoms with Crippen molar-refractivity contribution in [1.82, 2.24) is 15.6 Å². The Kier molecular flexibility index (Phi) is 7.49. The maximum absolute atomic E-state index is 12.6. The summed E-state index contributed by atoms with van der Waals surface area (Å²) >= 11 is 1.62. The van der Waals surface area contributed by atoms with E-state index in [0.717, 1.165) is 56.5 Å². The molecule has 2 aliphatic carbocycles. The molecule has 2 atom stereocenters. The van der Waals surface area contributed by atoms with E-state index in [-0.39, 0.29) is 23.8 Å². The molecule has 1 fully saturated rings. The highest BCUT2D eigenvalue weighted by Crippen LogP contribution is 2.38. The van der Waals surface area contributed by atoms with Gasteiger partial charge in [0.1, 0.15) is 5.01 Å². The lowest BCUT2D eigenvalue weighted by Crippen LogP contribution is -2.41. The van der Waals surface area contributed by atoms with Gasteiger partial charge >= 0.3 is 0 Å². The predicted octanol–water partition coefficient (Wildman–Crippen LogP) is 4.63. The van der Waals surface area contributed by atoms with Crippen LogP contribution in [-0.2, 0) is 9.59 Å². The van der Waals surface area contributed by atoms with Gasteiger partial charge in [-0.3, -0.25) is 9.59 Å². The molecule has 2 aliphatic rings. The van der Waals surface area contributed by atoms with Crippen LogP contribution in [0.3, 0.4) is 0 Å². The van der Waals surface area contributed by atoms with Crippen LogP contribution in [0.5, 0.6) is 0 Å². The van der Waals surface area contributed by atoms with Gasteiger partial charge in [-0.25, -0.2) is 4.98 Å². The molecule has 0 saturated heterocycles. The van der Waals surface area contributed by atoms with Gasteiger partial charge in [0.2, 0.25) is 11.8 Å². The van der Waals surface area contributed by atoms with Crippen LogP contribution in [0.4, 0.5) is 0 Å². The number of nitrogens with zero attached hydrogens (tertiary/aromatic N) is 1. The van der Waals surface area contributed by atoms with E-state index in [1.54, 1.807) is 11.3 Å². The minimum Gasteiger partial charge on any atom is -0.356 e. The molecule has 29 heavy (non-hydrogen) atoms. The summed E-state index contributed by atoms with van der Waals surface area (Å²) in [4.78, 5) is 29.5. The van der Waals surface area contributed by atoms with E-state index in [4.69, 9.17) is 0 Å². The Morgan fingerprint density at radius 3 is 2.52 bits per heavy atom. The minimum absolute atomic E-state index is 0.00806. The van der Waals surface area contributed by atoms with Crippen molar-refractivity contribution in [3.8, 4) is 0 Å². The number of thiazole rings is 1. The molecule has 6 heteroatoms. The number of carbonyl (C=O) groups excluding carboxylic acids is 2. The van der Waals surface area contributed by atoms with Crippen LogP contribution in [0, 0.1) is 23.2 Å². The molecule has 160 valence electrons. The van der Waals surface area contributed by atoms with Gasteiger partial charge in [0.05, 0.1) is 6.04 Å². The smallest absolute Gasteiger partial charge is 0.225 e. The first-order chi connectivity index (χ1) is 13.8. The average molecular weight is 418 g/mol. The average Bonchev–Trinajstić information content (AvgIpc) is 3.25. The van der Waals surface area contributed by atoms with Crippen molar-refractivity contribution >= 4 is 23.2 Å². The quantitative estimate of drug-likeness (QED) is 0.663. The first kappa shape index (κ1) is 22.0. The van der Waals surface area contributed by atoms with Crippen molar-refractivity contribution in [2.75, 3.05) is 6.54 Å². The molecule has 2 amide bonds. The Balaban J connectivity index is 1.51. The Bertz CT molecular complexity index is 700. The third-order valence-electron chi connectivity index (χ3n) is 6.25. The summed E-state index contributed by atoms with van der Waals surface area (Å²) in [7, 11) is 0. The molecular weight excluding hydrogens is 382 g/mol. The van der Waals surface area contributed by atoms with Gasteiger partial charge in [-0.1, -0.05) is 32.9 Å². The summed E-state index contributed by atoms with van der Waals surface area (Å²) in [5.74, 6) is 1.38. The Labute approximate surface area is 178 Å². The number of amides is 2. The van der Waals surface area contributed by atoms with Gasteiger partial charge in [0.15, 0.2) is 0 Å². The summed E-state index contributed by atoms with van der Waals surface area (Å²) in [5.41, 5.74) is -0.411. The number of rotatable bonds is 6. The zero-order valence-corrected chi connectivity index (χ0v) is 18.8. The normalized spacial score (nSPS) is 26.0. The van der Waals surface area contributed by atoms with Gasteiger partial charge in [-0.15, -0.1) is 11.3 Å². The van der Waals surface area contributed by atoms with Crippen molar-refractivity contribution in [1.29, 1.82) is 0 Å². The molecule has 1 aromatic heterocycles. The van der Waals surface area contributed by atoms with Crippen molar-refractivity contribution < 1.29 is 9.59 Å². The van der Waals surface area contributed by atoms with E-state index in [2.05, 4.69) is 27.8 Å². The van der Waals surface area contributed by atoms with Crippen LogP contribution in [0.1, 0.15) is 76.8 Å². The molecule has 0 aromatic carbocycles. The molecule has 3 rings (SSSR count). The fraction of sp³-hybridized carbons (Fsp3) is 0.696. The largest absolute Gasteiger partial charge is 0.356 e. The van der Waals surface area contributed by atoms with E-state index in [0.29, 0.717) is 11.8 Å². The Morgan fingerprint density at radius 1 is 1.17 bits per heavy atom. The van der Waals surface area contributed by atoms with E-state index >= 15 is 0 Å². The van der Waals surface area contributed by atoms with Crippen molar-refractivity contribution in [3.05, 3.63) is 28.7 Å². The predicted molar refractivity (Wildman–Crippen MR) is 117 cm³/mol. The second kappa shape index (κ2) is 9.88. The maximum Gasteiger partial charge on any atom is 0.225 e. The summed E-state index contributed by atoms with van der Waals surface area (Å²) < 4.78 is 0. The highest BCUT2D eigenvalue weighted by atomic mass is 32.1. The third-order valence-corrected chi connectivity index (χ3v) is 7.11. The molecule has 1 saturated carbocycles. The van der Waals surface area contributed by atoms with Crippen LogP contribution in [0.15, 0.2) is 23.7 Å². The monoisotopic (exact) mass is 417 g/mol. The van der Waals surface area contributed by atoms with Crippen LogP contribution >= 0.6 is 11.3 Å². The SMILES string of the molecule is CC(C)(C)C(=O)N[C@H](c1nccs1)C1CCC(CNC(=O)[C@H]2CC=CCC2)CC1. The summed E-state index contributed by atoms with van der Waals surface area (Å²) in [6, 6.07) is -0.00806. The minimum atomic E-state index is -0.411. The van der Waals surface area contributed by atoms with Gasteiger partial charge in [0, 0.05) is 29.5 Å². The lowest BCUT2D eigenvalue weighted by molar-refractivity contribution is -0.130. The van der Waals surface area contributed by atoms with E-state index in [1.165, 1.54) is 0 Å².